The minimum absolute atomic E-state index is 0.805. The van der Waals surface area contributed by atoms with Crippen LogP contribution in [0.25, 0.3) is 11.6 Å². The zero-order valence-electron chi connectivity index (χ0n) is 18.0. The Hall–Kier alpha value is -2.60. The monoisotopic (exact) mass is 390 g/mol. The summed E-state index contributed by atoms with van der Waals surface area (Å²) in [5, 5.41) is 5.82. The van der Waals surface area contributed by atoms with Gasteiger partial charge < -0.3 is 0 Å². The molecule has 1 saturated carbocycles. The lowest BCUT2D eigenvalue weighted by Gasteiger charge is -2.31. The van der Waals surface area contributed by atoms with Gasteiger partial charge in [0.1, 0.15) is 0 Å². The number of rotatable bonds is 2. The average Bonchev–Trinajstić information content (AvgIpc) is 3.33. The number of fused-ring (bicyclic) bond motifs is 4. The summed E-state index contributed by atoms with van der Waals surface area (Å²) in [6.07, 6.45) is 11.8. The molecule has 0 N–H and O–H groups in total. The molecule has 0 bridgehead atoms. The van der Waals surface area contributed by atoms with Crippen LogP contribution in [-0.2, 0) is 12.8 Å². The van der Waals surface area contributed by atoms with Crippen molar-refractivity contribution in [3.63, 3.8) is 0 Å². The van der Waals surface area contributed by atoms with E-state index in [1.54, 1.807) is 16.7 Å². The van der Waals surface area contributed by atoms with Crippen LogP contribution in [0.3, 0.4) is 0 Å². The van der Waals surface area contributed by atoms with Crippen LogP contribution in [0.2, 0.25) is 0 Å². The fourth-order valence-electron chi connectivity index (χ4n) is 6.40. The Morgan fingerprint density at radius 3 is 2.40 bits per heavy atom. The molecule has 3 aliphatic carbocycles. The number of benzene rings is 3. The van der Waals surface area contributed by atoms with E-state index in [0.29, 0.717) is 0 Å². The number of hydrogen-bond acceptors (Lipinski definition) is 0. The summed E-state index contributed by atoms with van der Waals surface area (Å²) in [7, 11) is 0. The van der Waals surface area contributed by atoms with E-state index in [9.17, 15) is 0 Å². The van der Waals surface area contributed by atoms with E-state index in [-0.39, 0.29) is 0 Å². The Morgan fingerprint density at radius 2 is 1.53 bits per heavy atom. The average molecular weight is 391 g/mol. The van der Waals surface area contributed by atoms with E-state index < -0.39 is 0 Å². The lowest BCUT2D eigenvalue weighted by molar-refractivity contribution is 0.337. The van der Waals surface area contributed by atoms with Crippen LogP contribution in [0.5, 0.6) is 0 Å². The van der Waals surface area contributed by atoms with Gasteiger partial charge in [-0.05, 0) is 81.2 Å². The molecule has 30 heavy (non-hydrogen) atoms. The molecular weight excluding hydrogens is 360 g/mol. The Balaban J connectivity index is 1.64. The summed E-state index contributed by atoms with van der Waals surface area (Å²) in [4.78, 5) is 0. The second kappa shape index (κ2) is 7.27. The minimum atomic E-state index is 0.805. The Morgan fingerprint density at radius 1 is 0.700 bits per heavy atom. The molecule has 1 atom stereocenters. The normalized spacial score (nSPS) is 20.3. The summed E-state index contributed by atoms with van der Waals surface area (Å²) >= 11 is 0. The van der Waals surface area contributed by atoms with Gasteiger partial charge in [-0.25, -0.2) is 0 Å². The highest BCUT2D eigenvalue weighted by molar-refractivity contribution is 5.69. The summed E-state index contributed by atoms with van der Waals surface area (Å²) in [5.74, 6) is 1.72. The maximum Gasteiger partial charge on any atom is -0.00791 e. The van der Waals surface area contributed by atoms with E-state index in [0.717, 1.165) is 18.3 Å². The molecule has 3 aliphatic rings. The molecule has 0 amide bonds. The first-order valence-electron chi connectivity index (χ1n) is 11.8. The maximum absolute atomic E-state index is 2.45. The summed E-state index contributed by atoms with van der Waals surface area (Å²) in [5.41, 5.74) is 7.65. The first kappa shape index (κ1) is 18.2. The van der Waals surface area contributed by atoms with E-state index in [2.05, 4.69) is 73.7 Å². The van der Waals surface area contributed by atoms with Crippen molar-refractivity contribution in [2.24, 2.45) is 11.8 Å². The van der Waals surface area contributed by atoms with Crippen LogP contribution in [-0.4, -0.2) is 0 Å². The van der Waals surface area contributed by atoms with Gasteiger partial charge in [0.15, 0.2) is 0 Å². The quantitative estimate of drug-likeness (QED) is 0.537. The predicted octanol–water partition coefficient (Wildman–Crippen LogP) is 5.57. The topological polar surface area (TPSA) is 0 Å². The van der Waals surface area contributed by atoms with Crippen LogP contribution >= 0.6 is 0 Å². The molecule has 1 fully saturated rings. The van der Waals surface area contributed by atoms with Crippen molar-refractivity contribution in [1.29, 1.82) is 0 Å². The molecule has 0 heteroatoms. The second-order valence-corrected chi connectivity index (χ2v) is 9.67. The number of hydrogen-bond donors (Lipinski definition) is 0. The highest BCUT2D eigenvalue weighted by Gasteiger charge is 2.30. The van der Waals surface area contributed by atoms with Gasteiger partial charge in [0.05, 0.1) is 0 Å². The fraction of sp³-hybridized carbons (Fsp3) is 0.333. The van der Waals surface area contributed by atoms with Crippen LogP contribution in [0.4, 0.5) is 0 Å². The smallest absolute Gasteiger partial charge is 0.00791 e. The molecule has 3 aromatic rings. The van der Waals surface area contributed by atoms with Crippen molar-refractivity contribution in [1.82, 2.24) is 0 Å². The largest absolute Gasteiger partial charge is 0.0722 e. The Bertz CT molecular complexity index is 1340. The highest BCUT2D eigenvalue weighted by Crippen LogP contribution is 2.40. The van der Waals surface area contributed by atoms with Crippen molar-refractivity contribution < 1.29 is 0 Å². The molecular formula is C30H30. The van der Waals surface area contributed by atoms with Crippen LogP contribution < -0.4 is 10.4 Å². The molecule has 3 aromatic carbocycles. The van der Waals surface area contributed by atoms with Crippen molar-refractivity contribution >= 4 is 11.6 Å². The van der Waals surface area contributed by atoms with Gasteiger partial charge in [0.2, 0.25) is 0 Å². The molecule has 0 radical (unpaired) electrons. The van der Waals surface area contributed by atoms with E-state index >= 15 is 0 Å². The first-order chi connectivity index (χ1) is 14.8. The molecule has 0 aromatic heterocycles. The summed E-state index contributed by atoms with van der Waals surface area (Å²) in [6.45, 7) is 2.22. The van der Waals surface area contributed by atoms with Crippen LogP contribution in [0.15, 0.2) is 60.7 Å². The molecule has 6 rings (SSSR count). The predicted molar refractivity (Wildman–Crippen MR) is 125 cm³/mol. The van der Waals surface area contributed by atoms with Gasteiger partial charge in [-0.1, -0.05) is 98.0 Å². The molecule has 0 heterocycles. The van der Waals surface area contributed by atoms with Gasteiger partial charge in [-0.15, -0.1) is 0 Å². The van der Waals surface area contributed by atoms with Crippen LogP contribution in [0.1, 0.15) is 54.4 Å². The Labute approximate surface area is 179 Å². The molecule has 0 spiro atoms. The van der Waals surface area contributed by atoms with E-state index in [4.69, 9.17) is 0 Å². The van der Waals surface area contributed by atoms with Crippen molar-refractivity contribution in [3.8, 4) is 0 Å². The second-order valence-electron chi connectivity index (χ2n) is 9.67. The van der Waals surface area contributed by atoms with Gasteiger partial charge in [0, 0.05) is 0 Å². The Kier molecular flexibility index (Phi) is 4.41. The van der Waals surface area contributed by atoms with Crippen LogP contribution in [0, 0.1) is 29.2 Å². The van der Waals surface area contributed by atoms with E-state index in [1.807, 2.05) is 0 Å². The highest BCUT2D eigenvalue weighted by atomic mass is 14.3. The van der Waals surface area contributed by atoms with E-state index in [1.165, 1.54) is 70.5 Å². The first-order valence-corrected chi connectivity index (χ1v) is 11.8. The molecule has 0 aliphatic heterocycles. The third-order valence-electron chi connectivity index (χ3n) is 7.90. The van der Waals surface area contributed by atoms with Crippen molar-refractivity contribution in [2.75, 3.05) is 0 Å². The van der Waals surface area contributed by atoms with Crippen molar-refractivity contribution in [3.05, 3.63) is 104 Å². The van der Waals surface area contributed by atoms with Gasteiger partial charge in [-0.2, -0.15) is 0 Å². The molecule has 0 saturated heterocycles. The van der Waals surface area contributed by atoms with Gasteiger partial charge >= 0.3 is 0 Å². The number of aryl methyl sites for hydroxylation is 1. The third kappa shape index (κ3) is 2.97. The molecule has 150 valence electrons. The summed E-state index contributed by atoms with van der Waals surface area (Å²) in [6, 6.07) is 23.0. The summed E-state index contributed by atoms with van der Waals surface area (Å²) < 4.78 is 0. The van der Waals surface area contributed by atoms with Gasteiger partial charge in [-0.3, -0.25) is 0 Å². The van der Waals surface area contributed by atoms with Crippen molar-refractivity contribution in [2.45, 2.75) is 51.9 Å². The SMILES string of the molecule is Cc1cccc(C2=c3ccc4c(c3CC(C3CCCC3)C2)CC=c2ccccc2=4)c1. The lowest BCUT2D eigenvalue weighted by atomic mass is 9.73. The zero-order valence-corrected chi connectivity index (χ0v) is 18.0. The fourth-order valence-corrected chi connectivity index (χ4v) is 6.40. The lowest BCUT2D eigenvalue weighted by Crippen LogP contribution is -2.30. The zero-order chi connectivity index (χ0) is 20.1. The molecule has 1 unspecified atom stereocenters. The third-order valence-corrected chi connectivity index (χ3v) is 7.90. The standard InChI is InChI=1S/C30H30/c1-20-7-6-11-23(17-20)29-18-24(21-8-2-3-9-21)19-30-27-14-13-22-10-4-5-12-25(22)26(27)15-16-28(29)30/h4-7,10-13,15-17,21,24H,2-3,8-9,14,18-19H2,1H3. The van der Waals surface area contributed by atoms with Gasteiger partial charge in [0.25, 0.3) is 0 Å². The molecule has 0 nitrogen and oxygen atoms in total. The maximum atomic E-state index is 2.45. The minimum Gasteiger partial charge on any atom is -0.0722 e.